The van der Waals surface area contributed by atoms with Gasteiger partial charge in [-0.2, -0.15) is 22.8 Å². The smallest absolute Gasteiger partial charge is 0.822 e. The molecule has 0 spiro atoms. The van der Waals surface area contributed by atoms with E-state index >= 15 is 0 Å². The molecule has 0 aliphatic rings. The molecule has 0 aromatic carbocycles. The fourth-order valence-corrected chi connectivity index (χ4v) is 0.427. The molecule has 0 saturated carbocycles. The fourth-order valence-electron chi connectivity index (χ4n) is 0.427. The van der Waals surface area contributed by atoms with Crippen molar-refractivity contribution in [3.05, 3.63) is 0 Å². The standard InChI is InChI=1S/C3H6N6.Cu.H3O4P/c4-1-7-2(5)9-3(6)8-1;;1-5(2,3)4/h(H6,4,5,6,7,8,9);;(H3,1,2,3,4)/q;+3;/p-3. The molecule has 1 aromatic heterocycles. The van der Waals surface area contributed by atoms with Gasteiger partial charge in [0.25, 0.3) is 0 Å². The van der Waals surface area contributed by atoms with E-state index in [9.17, 15) is 0 Å². The van der Waals surface area contributed by atoms with E-state index in [1.54, 1.807) is 0 Å². The van der Waals surface area contributed by atoms with E-state index in [-0.39, 0.29) is 34.9 Å². The molecule has 0 aliphatic heterocycles. The van der Waals surface area contributed by atoms with E-state index in [4.69, 9.17) is 36.4 Å². The number of rotatable bonds is 0. The number of phosphoric acid groups is 1. The van der Waals surface area contributed by atoms with Gasteiger partial charge in [0.2, 0.25) is 17.8 Å². The molecular weight excluding hydrogens is 279 g/mol. The number of nitrogen functional groups attached to an aromatic ring is 3. The molecule has 0 fully saturated rings. The van der Waals surface area contributed by atoms with Gasteiger partial charge in [-0.05, 0) is 0 Å². The van der Waals surface area contributed by atoms with E-state index in [0.29, 0.717) is 0 Å². The first-order valence-corrected chi connectivity index (χ1v) is 4.40. The van der Waals surface area contributed by atoms with Crippen molar-refractivity contribution in [2.75, 3.05) is 17.2 Å². The summed E-state index contributed by atoms with van der Waals surface area (Å²) in [6.45, 7) is 0. The molecule has 0 saturated heterocycles. The first-order chi connectivity index (χ1) is 6.18. The summed E-state index contributed by atoms with van der Waals surface area (Å²) in [5.74, 6) is 0.125. The number of nitrogens with zero attached hydrogens (tertiary/aromatic N) is 3. The summed E-state index contributed by atoms with van der Waals surface area (Å²) in [6, 6.07) is 0. The zero-order chi connectivity index (χ0) is 11.4. The number of nitrogens with two attached hydrogens (primary N) is 3. The van der Waals surface area contributed by atoms with Crippen LogP contribution in [-0.2, 0) is 21.6 Å². The Morgan fingerprint density at radius 2 is 1.00 bits per heavy atom. The summed E-state index contributed by atoms with van der Waals surface area (Å²) in [7, 11) is -5.39. The monoisotopic (exact) mass is 284 g/mol. The minimum Gasteiger partial charge on any atom is -0.822 e. The van der Waals surface area contributed by atoms with Crippen LogP contribution in [0.4, 0.5) is 17.8 Å². The summed E-state index contributed by atoms with van der Waals surface area (Å²) in [5.41, 5.74) is 15.4. The van der Waals surface area contributed by atoms with Gasteiger partial charge in [-0.3, -0.25) is 0 Å². The largest absolute Gasteiger partial charge is 3.00 e. The van der Waals surface area contributed by atoms with Crippen LogP contribution in [0, 0.1) is 0 Å². The molecule has 0 aliphatic carbocycles. The fraction of sp³-hybridized carbons (Fsp3) is 0. The van der Waals surface area contributed by atoms with Gasteiger partial charge in [0.15, 0.2) is 0 Å². The molecule has 1 heterocycles. The van der Waals surface area contributed by atoms with Crippen LogP contribution in [0.3, 0.4) is 0 Å². The van der Waals surface area contributed by atoms with Gasteiger partial charge in [0.05, 0.1) is 0 Å². The molecule has 0 unspecified atom stereocenters. The zero-order valence-corrected chi connectivity index (χ0v) is 8.79. The van der Waals surface area contributed by atoms with Gasteiger partial charge in [0.1, 0.15) is 0 Å². The third-order valence-corrected chi connectivity index (χ3v) is 0.687. The molecular formula is C3H6CuN6O4P. The minimum atomic E-state index is -5.39. The maximum absolute atomic E-state index is 8.55. The second-order valence-electron chi connectivity index (χ2n) is 1.86. The van der Waals surface area contributed by atoms with Crippen LogP contribution < -0.4 is 31.9 Å². The molecule has 88 valence electrons. The Morgan fingerprint density at radius 1 is 0.867 bits per heavy atom. The molecule has 0 bridgehead atoms. The topological polar surface area (TPSA) is 203 Å². The van der Waals surface area contributed by atoms with E-state index < -0.39 is 7.82 Å². The Balaban J connectivity index is 0. The molecule has 1 rings (SSSR count). The normalized spacial score (nSPS) is 9.53. The quantitative estimate of drug-likeness (QED) is 0.309. The summed E-state index contributed by atoms with van der Waals surface area (Å²) in [4.78, 5) is 36.1. The molecule has 0 amide bonds. The van der Waals surface area contributed by atoms with Crippen molar-refractivity contribution in [3.63, 3.8) is 0 Å². The summed E-state index contributed by atoms with van der Waals surface area (Å²) in [6.07, 6.45) is 0. The van der Waals surface area contributed by atoms with E-state index in [1.807, 2.05) is 0 Å². The maximum Gasteiger partial charge on any atom is 3.00 e. The van der Waals surface area contributed by atoms with Crippen LogP contribution in [0.2, 0.25) is 0 Å². The molecule has 0 atom stereocenters. The average Bonchev–Trinajstić information content (AvgIpc) is 1.77. The Kier molecular flexibility index (Phi) is 7.15. The number of hydrogen-bond donors (Lipinski definition) is 3. The van der Waals surface area contributed by atoms with Crippen molar-refractivity contribution >= 4 is 25.7 Å². The third kappa shape index (κ3) is 13.0. The van der Waals surface area contributed by atoms with Crippen LogP contribution in [0.1, 0.15) is 0 Å². The summed E-state index contributed by atoms with van der Waals surface area (Å²) in [5, 5.41) is 0. The molecule has 10 nitrogen and oxygen atoms in total. The van der Waals surface area contributed by atoms with Crippen molar-refractivity contribution < 1.29 is 36.3 Å². The SMILES string of the molecule is Nc1nc(N)nc(N)n1.O=P([O-])([O-])[O-].[Cu+3]. The second kappa shape index (κ2) is 6.51. The third-order valence-electron chi connectivity index (χ3n) is 0.687. The molecule has 1 aromatic rings. The predicted molar refractivity (Wildman–Crippen MR) is 40.7 cm³/mol. The van der Waals surface area contributed by atoms with Gasteiger partial charge >= 0.3 is 17.1 Å². The van der Waals surface area contributed by atoms with Crippen LogP contribution >= 0.6 is 7.82 Å². The number of anilines is 3. The van der Waals surface area contributed by atoms with Gasteiger partial charge in [-0.1, -0.05) is 0 Å². The van der Waals surface area contributed by atoms with Gasteiger partial charge < -0.3 is 36.4 Å². The van der Waals surface area contributed by atoms with Crippen molar-refractivity contribution in [1.29, 1.82) is 0 Å². The molecule has 12 heteroatoms. The van der Waals surface area contributed by atoms with Crippen LogP contribution in [0.25, 0.3) is 0 Å². The maximum atomic E-state index is 8.55. The van der Waals surface area contributed by atoms with Crippen molar-refractivity contribution in [1.82, 2.24) is 15.0 Å². The second-order valence-corrected chi connectivity index (χ2v) is 2.75. The molecule has 15 heavy (non-hydrogen) atoms. The average molecular weight is 285 g/mol. The summed E-state index contributed by atoms with van der Waals surface area (Å²) < 4.78 is 8.55. The first kappa shape index (κ1) is 16.5. The van der Waals surface area contributed by atoms with Crippen molar-refractivity contribution in [2.45, 2.75) is 0 Å². The van der Waals surface area contributed by atoms with E-state index in [0.717, 1.165) is 0 Å². The Hall–Kier alpha value is -0.961. The van der Waals surface area contributed by atoms with Crippen molar-refractivity contribution in [2.24, 2.45) is 0 Å². The number of aromatic nitrogens is 3. The van der Waals surface area contributed by atoms with E-state index in [1.165, 1.54) is 0 Å². The Morgan fingerprint density at radius 3 is 1.13 bits per heavy atom. The summed E-state index contributed by atoms with van der Waals surface area (Å²) >= 11 is 0. The van der Waals surface area contributed by atoms with Crippen LogP contribution in [0.15, 0.2) is 0 Å². The number of hydrogen-bond acceptors (Lipinski definition) is 10. The van der Waals surface area contributed by atoms with Gasteiger partial charge in [-0.25, -0.2) is 0 Å². The van der Waals surface area contributed by atoms with Crippen LogP contribution in [0.5, 0.6) is 0 Å². The van der Waals surface area contributed by atoms with Gasteiger partial charge in [-0.15, -0.1) is 0 Å². The van der Waals surface area contributed by atoms with Crippen LogP contribution in [-0.4, -0.2) is 15.0 Å². The molecule has 0 radical (unpaired) electrons. The Bertz CT molecular complexity index is 297. The molecule has 6 N–H and O–H groups in total. The zero-order valence-electron chi connectivity index (χ0n) is 6.96. The first-order valence-electron chi connectivity index (χ1n) is 2.94. The van der Waals surface area contributed by atoms with E-state index in [2.05, 4.69) is 15.0 Å². The minimum absolute atomic E-state index is 0. The van der Waals surface area contributed by atoms with Crippen molar-refractivity contribution in [3.8, 4) is 0 Å². The van der Waals surface area contributed by atoms with Gasteiger partial charge in [0, 0.05) is 0 Å². The predicted octanol–water partition coefficient (Wildman–Crippen LogP) is -4.21. The Labute approximate surface area is 94.6 Å².